The predicted octanol–water partition coefficient (Wildman–Crippen LogP) is 3.15. The zero-order valence-corrected chi connectivity index (χ0v) is 11.8. The van der Waals surface area contributed by atoms with Crippen molar-refractivity contribution in [2.75, 3.05) is 0 Å². The van der Waals surface area contributed by atoms with Gasteiger partial charge in [-0.2, -0.15) is 5.26 Å². The van der Waals surface area contributed by atoms with E-state index >= 15 is 0 Å². The number of benzene rings is 1. The molecule has 0 saturated carbocycles. The maximum absolute atomic E-state index is 9.67. The highest BCUT2D eigenvalue weighted by Gasteiger charge is 2.54. The average molecular weight is 269 g/mol. The molecule has 4 rings (SSSR count). The van der Waals surface area contributed by atoms with Gasteiger partial charge in [-0.25, -0.2) is 0 Å². The van der Waals surface area contributed by atoms with Crippen molar-refractivity contribution in [1.82, 2.24) is 0 Å². The molecule has 2 saturated heterocycles. The Morgan fingerprint density at radius 1 is 1.40 bits per heavy atom. The van der Waals surface area contributed by atoms with Gasteiger partial charge in [0.1, 0.15) is 11.9 Å². The summed E-state index contributed by atoms with van der Waals surface area (Å²) in [6, 6.07) is 8.91. The molecule has 3 aliphatic heterocycles. The Kier molecular flexibility index (Phi) is 2.59. The third kappa shape index (κ3) is 1.75. The van der Waals surface area contributed by atoms with Gasteiger partial charge in [0.05, 0.1) is 23.7 Å². The van der Waals surface area contributed by atoms with E-state index < -0.39 is 0 Å². The monoisotopic (exact) mass is 269 g/mol. The molecule has 104 valence electrons. The molecule has 3 heteroatoms. The normalized spacial score (nSPS) is 37.5. The summed E-state index contributed by atoms with van der Waals surface area (Å²) < 4.78 is 12.0. The fourth-order valence-electron chi connectivity index (χ4n) is 4.15. The molecule has 0 radical (unpaired) electrons. The van der Waals surface area contributed by atoms with Gasteiger partial charge in [0.25, 0.3) is 0 Å². The first-order chi connectivity index (χ1) is 9.68. The van der Waals surface area contributed by atoms with Crippen molar-refractivity contribution in [1.29, 1.82) is 5.26 Å². The van der Waals surface area contributed by atoms with Gasteiger partial charge < -0.3 is 9.47 Å². The number of nitrogens with zero attached hydrogens (tertiary/aromatic N) is 1. The van der Waals surface area contributed by atoms with Crippen molar-refractivity contribution < 1.29 is 9.47 Å². The summed E-state index contributed by atoms with van der Waals surface area (Å²) in [6.07, 6.45) is 5.36. The quantitative estimate of drug-likeness (QED) is 0.828. The molecular weight excluding hydrogens is 250 g/mol. The second-order valence-corrected chi connectivity index (χ2v) is 6.56. The lowest BCUT2D eigenvalue weighted by Crippen LogP contribution is -2.36. The van der Waals surface area contributed by atoms with Crippen molar-refractivity contribution in [2.24, 2.45) is 5.41 Å². The Hall–Kier alpha value is -1.53. The lowest BCUT2D eigenvalue weighted by molar-refractivity contribution is 0.0616. The van der Waals surface area contributed by atoms with Crippen LogP contribution in [0.2, 0.25) is 0 Å². The molecule has 0 aromatic heterocycles. The number of rotatable bonds is 2. The highest BCUT2D eigenvalue weighted by molar-refractivity contribution is 5.40. The highest BCUT2D eigenvalue weighted by Crippen LogP contribution is 2.51. The third-order valence-electron chi connectivity index (χ3n) is 5.09. The standard InChI is InChI=1S/C17H19NO2/c1-11-2-4-15-12(6-11)7-14(19-15)9-17(10-18)8-13-3-5-16(17)20-13/h2,4,6,13-14,16H,3,5,7-9H2,1H3. The van der Waals surface area contributed by atoms with E-state index in [-0.39, 0.29) is 17.6 Å². The first kappa shape index (κ1) is 12.2. The number of ether oxygens (including phenoxy) is 2. The molecular formula is C17H19NO2. The predicted molar refractivity (Wildman–Crippen MR) is 74.5 cm³/mol. The molecule has 1 aromatic carbocycles. The Morgan fingerprint density at radius 3 is 3.00 bits per heavy atom. The number of aryl methyl sites for hydroxylation is 1. The Labute approximate surface area is 119 Å². The van der Waals surface area contributed by atoms with Gasteiger partial charge in [-0.15, -0.1) is 0 Å². The van der Waals surface area contributed by atoms with Crippen molar-refractivity contribution in [2.45, 2.75) is 57.3 Å². The smallest absolute Gasteiger partial charge is 0.123 e. The molecule has 0 N–H and O–H groups in total. The van der Waals surface area contributed by atoms with Crippen LogP contribution >= 0.6 is 0 Å². The molecule has 0 spiro atoms. The fraction of sp³-hybridized carbons (Fsp3) is 0.588. The average Bonchev–Trinajstić information content (AvgIpc) is 3.11. The van der Waals surface area contributed by atoms with E-state index in [1.165, 1.54) is 11.1 Å². The summed E-state index contributed by atoms with van der Waals surface area (Å²) in [5, 5.41) is 9.67. The molecule has 3 nitrogen and oxygen atoms in total. The number of nitriles is 1. The molecule has 3 aliphatic rings. The van der Waals surface area contributed by atoms with Crippen LogP contribution in [-0.2, 0) is 11.2 Å². The molecule has 1 aromatic rings. The fourth-order valence-corrected chi connectivity index (χ4v) is 4.15. The van der Waals surface area contributed by atoms with Gasteiger partial charge in [0.15, 0.2) is 0 Å². The summed E-state index contributed by atoms with van der Waals surface area (Å²) in [5.74, 6) is 0.998. The van der Waals surface area contributed by atoms with Gasteiger partial charge in [-0.1, -0.05) is 17.7 Å². The SMILES string of the molecule is Cc1ccc2c(c1)CC(CC1(C#N)CC3CCC1O3)O2. The maximum atomic E-state index is 9.67. The van der Waals surface area contributed by atoms with E-state index in [2.05, 4.69) is 31.2 Å². The second kappa shape index (κ2) is 4.23. The van der Waals surface area contributed by atoms with E-state index in [0.29, 0.717) is 6.10 Å². The largest absolute Gasteiger partial charge is 0.490 e. The third-order valence-corrected chi connectivity index (χ3v) is 5.09. The molecule has 4 atom stereocenters. The molecule has 2 fully saturated rings. The van der Waals surface area contributed by atoms with Crippen molar-refractivity contribution >= 4 is 0 Å². The van der Waals surface area contributed by atoms with E-state index in [4.69, 9.17) is 9.47 Å². The van der Waals surface area contributed by atoms with Crippen LogP contribution in [0.25, 0.3) is 0 Å². The maximum Gasteiger partial charge on any atom is 0.123 e. The lowest BCUT2D eigenvalue weighted by Gasteiger charge is -2.30. The van der Waals surface area contributed by atoms with Crippen LogP contribution in [0.15, 0.2) is 18.2 Å². The number of hydrogen-bond acceptors (Lipinski definition) is 3. The lowest BCUT2D eigenvalue weighted by atomic mass is 9.71. The topological polar surface area (TPSA) is 42.2 Å². The summed E-state index contributed by atoms with van der Waals surface area (Å²) in [4.78, 5) is 0. The second-order valence-electron chi connectivity index (χ2n) is 6.56. The van der Waals surface area contributed by atoms with Crippen molar-refractivity contribution in [3.8, 4) is 11.8 Å². The zero-order valence-electron chi connectivity index (χ0n) is 11.8. The summed E-state index contributed by atoms with van der Waals surface area (Å²) in [5.41, 5.74) is 2.24. The Morgan fingerprint density at radius 2 is 2.30 bits per heavy atom. The van der Waals surface area contributed by atoms with Crippen LogP contribution in [0.1, 0.15) is 36.8 Å². The van der Waals surface area contributed by atoms with Gasteiger partial charge >= 0.3 is 0 Å². The van der Waals surface area contributed by atoms with Crippen LogP contribution in [-0.4, -0.2) is 18.3 Å². The summed E-state index contributed by atoms with van der Waals surface area (Å²) in [6.45, 7) is 2.11. The number of hydrogen-bond donors (Lipinski definition) is 0. The minimum atomic E-state index is -0.315. The van der Waals surface area contributed by atoms with Gasteiger partial charge in [-0.3, -0.25) is 0 Å². The Balaban J connectivity index is 1.53. The van der Waals surface area contributed by atoms with Crippen LogP contribution in [0, 0.1) is 23.7 Å². The summed E-state index contributed by atoms with van der Waals surface area (Å²) in [7, 11) is 0. The minimum absolute atomic E-state index is 0.131. The molecule has 4 unspecified atom stereocenters. The van der Waals surface area contributed by atoms with Crippen molar-refractivity contribution in [3.63, 3.8) is 0 Å². The minimum Gasteiger partial charge on any atom is -0.490 e. The zero-order chi connectivity index (χ0) is 13.7. The Bertz CT molecular complexity index is 591. The van der Waals surface area contributed by atoms with Crippen LogP contribution < -0.4 is 4.74 Å². The van der Waals surface area contributed by atoms with Crippen LogP contribution in [0.5, 0.6) is 5.75 Å². The van der Waals surface area contributed by atoms with Crippen LogP contribution in [0.3, 0.4) is 0 Å². The summed E-state index contributed by atoms with van der Waals surface area (Å²) >= 11 is 0. The van der Waals surface area contributed by atoms with E-state index in [9.17, 15) is 5.26 Å². The van der Waals surface area contributed by atoms with Gasteiger partial charge in [-0.05, 0) is 37.8 Å². The highest BCUT2D eigenvalue weighted by atomic mass is 16.5. The van der Waals surface area contributed by atoms with E-state index in [1.807, 2.05) is 0 Å². The number of fused-ring (bicyclic) bond motifs is 3. The van der Waals surface area contributed by atoms with Crippen LogP contribution in [0.4, 0.5) is 0 Å². The first-order valence-corrected chi connectivity index (χ1v) is 7.51. The molecule has 3 heterocycles. The molecule has 0 aliphatic carbocycles. The van der Waals surface area contributed by atoms with Crippen molar-refractivity contribution in [3.05, 3.63) is 29.3 Å². The van der Waals surface area contributed by atoms with E-state index in [0.717, 1.165) is 37.9 Å². The first-order valence-electron chi connectivity index (χ1n) is 7.51. The van der Waals surface area contributed by atoms with Gasteiger partial charge in [0, 0.05) is 12.8 Å². The van der Waals surface area contributed by atoms with E-state index in [1.54, 1.807) is 0 Å². The van der Waals surface area contributed by atoms with Gasteiger partial charge in [0.2, 0.25) is 0 Å². The molecule has 2 bridgehead atoms. The molecule has 20 heavy (non-hydrogen) atoms. The molecule has 0 amide bonds.